The largest absolute Gasteiger partial charge is 0.301 e. The lowest BCUT2D eigenvalue weighted by atomic mass is 9.99. The van der Waals surface area contributed by atoms with E-state index in [0.29, 0.717) is 0 Å². The van der Waals surface area contributed by atoms with E-state index in [-0.39, 0.29) is 0 Å². The topological polar surface area (TPSA) is 3.24 Å². The fraction of sp³-hybridized carbons (Fsp3) is 1.00. The highest BCUT2D eigenvalue weighted by Crippen LogP contribution is 2.24. The zero-order chi connectivity index (χ0) is 8.43. The average molecular weight is 267 g/mol. The van der Waals surface area contributed by atoms with Crippen LogP contribution < -0.4 is 0 Å². The molecule has 0 radical (unpaired) electrons. The van der Waals surface area contributed by atoms with E-state index < -0.39 is 0 Å². The van der Waals surface area contributed by atoms with Gasteiger partial charge in [-0.1, -0.05) is 29.5 Å². The lowest BCUT2D eigenvalue weighted by Crippen LogP contribution is -2.43. The Hall–Kier alpha value is 0.690. The summed E-state index contributed by atoms with van der Waals surface area (Å²) in [6, 6.07) is 0.737. The summed E-state index contributed by atoms with van der Waals surface area (Å²) in [4.78, 5) is 2.58. The van der Waals surface area contributed by atoms with Gasteiger partial charge in [0.15, 0.2) is 0 Å². The van der Waals surface area contributed by atoms with Crippen molar-refractivity contribution in [2.75, 3.05) is 13.1 Å². The SMILES string of the molecule is CC(C)N1CC[C@@H](I)[C@H](C)C1. The van der Waals surface area contributed by atoms with Gasteiger partial charge in [0, 0.05) is 16.5 Å². The molecule has 66 valence electrons. The Kier molecular flexibility index (Phi) is 3.62. The molecule has 0 bridgehead atoms. The van der Waals surface area contributed by atoms with Crippen LogP contribution in [0.5, 0.6) is 0 Å². The molecule has 0 unspecified atom stereocenters. The minimum atomic E-state index is 0.737. The van der Waals surface area contributed by atoms with Gasteiger partial charge in [0.05, 0.1) is 0 Å². The molecule has 1 aliphatic rings. The van der Waals surface area contributed by atoms with Crippen molar-refractivity contribution in [1.82, 2.24) is 4.90 Å². The smallest absolute Gasteiger partial charge is 0.0160 e. The Bertz CT molecular complexity index is 125. The molecule has 0 aromatic carbocycles. The summed E-state index contributed by atoms with van der Waals surface area (Å²) in [6.45, 7) is 9.55. The van der Waals surface area contributed by atoms with Crippen molar-refractivity contribution in [3.63, 3.8) is 0 Å². The van der Waals surface area contributed by atoms with Crippen LogP contribution in [0.2, 0.25) is 0 Å². The first-order chi connectivity index (χ1) is 5.11. The van der Waals surface area contributed by atoms with Gasteiger partial charge in [-0.05, 0) is 32.7 Å². The number of piperidine rings is 1. The van der Waals surface area contributed by atoms with Crippen LogP contribution in [0.4, 0.5) is 0 Å². The third-order valence-electron chi connectivity index (χ3n) is 2.56. The lowest BCUT2D eigenvalue weighted by Gasteiger charge is -2.36. The quantitative estimate of drug-likeness (QED) is 0.521. The van der Waals surface area contributed by atoms with E-state index in [1.54, 1.807) is 0 Å². The van der Waals surface area contributed by atoms with E-state index in [1.807, 2.05) is 0 Å². The Morgan fingerprint density at radius 1 is 1.45 bits per heavy atom. The van der Waals surface area contributed by atoms with E-state index in [9.17, 15) is 0 Å². The second-order valence-corrected chi connectivity index (χ2v) is 5.47. The standard InChI is InChI=1S/C9H18IN/c1-7(2)11-5-4-9(10)8(3)6-11/h7-9H,4-6H2,1-3H3/t8-,9-/m1/s1. The number of nitrogens with zero attached hydrogens (tertiary/aromatic N) is 1. The van der Waals surface area contributed by atoms with Crippen molar-refractivity contribution < 1.29 is 0 Å². The number of hydrogen-bond acceptors (Lipinski definition) is 1. The zero-order valence-corrected chi connectivity index (χ0v) is 9.84. The summed E-state index contributed by atoms with van der Waals surface area (Å²) in [6.07, 6.45) is 1.37. The maximum atomic E-state index is 2.59. The van der Waals surface area contributed by atoms with Crippen molar-refractivity contribution in [3.05, 3.63) is 0 Å². The molecule has 1 heterocycles. The van der Waals surface area contributed by atoms with Crippen molar-refractivity contribution in [3.8, 4) is 0 Å². The third-order valence-corrected chi connectivity index (χ3v) is 4.41. The molecule has 2 heteroatoms. The molecule has 0 aromatic heterocycles. The van der Waals surface area contributed by atoms with Crippen molar-refractivity contribution in [1.29, 1.82) is 0 Å². The van der Waals surface area contributed by atoms with Gasteiger partial charge in [-0.2, -0.15) is 0 Å². The molecule has 1 saturated heterocycles. The molecule has 1 aliphatic heterocycles. The van der Waals surface area contributed by atoms with Gasteiger partial charge in [-0.15, -0.1) is 0 Å². The van der Waals surface area contributed by atoms with E-state index in [2.05, 4.69) is 48.3 Å². The maximum Gasteiger partial charge on any atom is 0.0160 e. The predicted octanol–water partition coefficient (Wildman–Crippen LogP) is 2.54. The van der Waals surface area contributed by atoms with Crippen LogP contribution in [0.3, 0.4) is 0 Å². The van der Waals surface area contributed by atoms with Gasteiger partial charge in [0.25, 0.3) is 0 Å². The van der Waals surface area contributed by atoms with Crippen molar-refractivity contribution >= 4 is 22.6 Å². The maximum absolute atomic E-state index is 2.59. The van der Waals surface area contributed by atoms with Crippen LogP contribution >= 0.6 is 22.6 Å². The summed E-state index contributed by atoms with van der Waals surface area (Å²) in [5.41, 5.74) is 0. The van der Waals surface area contributed by atoms with Crippen LogP contribution in [0, 0.1) is 5.92 Å². The molecular weight excluding hydrogens is 249 g/mol. The first-order valence-corrected chi connectivity index (χ1v) is 5.74. The molecule has 0 aliphatic carbocycles. The van der Waals surface area contributed by atoms with Gasteiger partial charge >= 0.3 is 0 Å². The monoisotopic (exact) mass is 267 g/mol. The Labute approximate surface area is 83.7 Å². The van der Waals surface area contributed by atoms with Crippen LogP contribution in [0.1, 0.15) is 27.2 Å². The zero-order valence-electron chi connectivity index (χ0n) is 7.68. The summed E-state index contributed by atoms with van der Waals surface area (Å²) in [5.74, 6) is 0.881. The normalized spacial score (nSPS) is 34.6. The van der Waals surface area contributed by atoms with Gasteiger partial charge in [-0.25, -0.2) is 0 Å². The second-order valence-electron chi connectivity index (χ2n) is 3.87. The fourth-order valence-corrected chi connectivity index (χ4v) is 2.12. The predicted molar refractivity (Wildman–Crippen MR) is 58.3 cm³/mol. The molecule has 11 heavy (non-hydrogen) atoms. The minimum absolute atomic E-state index is 0.737. The number of likely N-dealkylation sites (tertiary alicyclic amines) is 1. The molecule has 0 spiro atoms. The summed E-state index contributed by atoms with van der Waals surface area (Å²) < 4.78 is 0.905. The minimum Gasteiger partial charge on any atom is -0.301 e. The number of halogens is 1. The van der Waals surface area contributed by atoms with E-state index in [4.69, 9.17) is 0 Å². The second kappa shape index (κ2) is 4.08. The van der Waals surface area contributed by atoms with Gasteiger partial charge < -0.3 is 4.90 Å². The number of hydrogen-bond donors (Lipinski definition) is 0. The van der Waals surface area contributed by atoms with Gasteiger partial charge in [0.2, 0.25) is 0 Å². The highest BCUT2D eigenvalue weighted by atomic mass is 127. The van der Waals surface area contributed by atoms with Gasteiger partial charge in [-0.3, -0.25) is 0 Å². The van der Waals surface area contributed by atoms with Crippen LogP contribution in [-0.4, -0.2) is 28.0 Å². The molecular formula is C9H18IN. The molecule has 2 atom stereocenters. The third kappa shape index (κ3) is 2.58. The highest BCUT2D eigenvalue weighted by molar-refractivity contribution is 14.1. The van der Waals surface area contributed by atoms with E-state index in [1.165, 1.54) is 19.5 Å². The molecule has 1 rings (SSSR count). The number of alkyl halides is 1. The highest BCUT2D eigenvalue weighted by Gasteiger charge is 2.24. The van der Waals surface area contributed by atoms with Crippen LogP contribution in [0.25, 0.3) is 0 Å². The first kappa shape index (κ1) is 9.78. The Morgan fingerprint density at radius 3 is 2.55 bits per heavy atom. The fourth-order valence-electron chi connectivity index (χ4n) is 1.62. The molecule has 0 aromatic rings. The van der Waals surface area contributed by atoms with E-state index >= 15 is 0 Å². The number of rotatable bonds is 1. The summed E-state index contributed by atoms with van der Waals surface area (Å²) >= 11 is 2.59. The molecule has 1 nitrogen and oxygen atoms in total. The van der Waals surface area contributed by atoms with Crippen molar-refractivity contribution in [2.45, 2.75) is 37.2 Å². The average Bonchev–Trinajstić information content (AvgIpc) is 1.94. The van der Waals surface area contributed by atoms with E-state index in [0.717, 1.165) is 15.9 Å². The first-order valence-electron chi connectivity index (χ1n) is 4.49. The van der Waals surface area contributed by atoms with Gasteiger partial charge in [0.1, 0.15) is 0 Å². The van der Waals surface area contributed by atoms with Crippen molar-refractivity contribution in [2.24, 2.45) is 5.92 Å². The van der Waals surface area contributed by atoms with Crippen LogP contribution in [0.15, 0.2) is 0 Å². The summed E-state index contributed by atoms with van der Waals surface area (Å²) in [7, 11) is 0. The molecule has 0 saturated carbocycles. The van der Waals surface area contributed by atoms with Crippen LogP contribution in [-0.2, 0) is 0 Å². The lowest BCUT2D eigenvalue weighted by molar-refractivity contribution is 0.155. The Balaban J connectivity index is 2.40. The molecule has 0 amide bonds. The molecule has 0 N–H and O–H groups in total. The summed E-state index contributed by atoms with van der Waals surface area (Å²) in [5, 5.41) is 0. The Morgan fingerprint density at radius 2 is 2.09 bits per heavy atom. The molecule has 1 fully saturated rings.